The standard InChI is InChI=1S/C19H18N4O2.C19H17N3O3.HI/c1-20-19(25)14-10-21-17(23-18(24)12-7-8-12)16-13(14)9-15(22-16)11-5-3-2-4-6-11;1-25-19(24)14-10-20-17(22-18(23)12-7-8-12)16-13(14)9-15(21-16)11-5-3-2-4-6-11;/h2-6,9-10,12,22H,7-8H2,1H3,(H,20,25)(H,21,23,24);2-6,9-10,12,21H,7-8H2,1H3,(H,20,22,23);1H/p-1. The number of anilines is 2. The van der Waals surface area contributed by atoms with Crippen molar-refractivity contribution in [3.8, 4) is 22.5 Å². The summed E-state index contributed by atoms with van der Waals surface area (Å²) < 4.78 is 4.85. The Bertz CT molecular complexity index is 2080. The normalized spacial score (nSPS) is 13.4. The van der Waals surface area contributed by atoms with E-state index in [-0.39, 0.29) is 53.5 Å². The second-order valence-electron chi connectivity index (χ2n) is 12.3. The minimum Gasteiger partial charge on any atom is -1.00 e. The van der Waals surface area contributed by atoms with Crippen LogP contribution in [0.25, 0.3) is 44.3 Å². The van der Waals surface area contributed by atoms with Crippen molar-refractivity contribution < 1.29 is 47.9 Å². The highest BCUT2D eigenvalue weighted by atomic mass is 127. The molecule has 2 aliphatic carbocycles. The number of esters is 1. The number of hydrogen-bond donors (Lipinski definition) is 5. The summed E-state index contributed by atoms with van der Waals surface area (Å²) in [7, 11) is 2.92. The van der Waals surface area contributed by atoms with E-state index in [1.807, 2.05) is 72.8 Å². The molecular formula is C38H35IN7O5-. The highest BCUT2D eigenvalue weighted by molar-refractivity contribution is 6.12. The van der Waals surface area contributed by atoms with Gasteiger partial charge in [0, 0.05) is 53.4 Å². The van der Waals surface area contributed by atoms with Gasteiger partial charge in [-0.25, -0.2) is 14.8 Å². The number of aromatic nitrogens is 4. The predicted octanol–water partition coefficient (Wildman–Crippen LogP) is 3.31. The second kappa shape index (κ2) is 15.1. The quantitative estimate of drug-likeness (QED) is 0.116. The molecule has 2 aromatic carbocycles. The summed E-state index contributed by atoms with van der Waals surface area (Å²) >= 11 is 0. The Morgan fingerprint density at radius 1 is 0.686 bits per heavy atom. The third kappa shape index (κ3) is 7.62. The number of hydrogen-bond acceptors (Lipinski definition) is 7. The largest absolute Gasteiger partial charge is 1.00 e. The van der Waals surface area contributed by atoms with E-state index in [9.17, 15) is 19.2 Å². The summed E-state index contributed by atoms with van der Waals surface area (Å²) in [5.41, 5.74) is 5.81. The number of nitrogens with zero attached hydrogens (tertiary/aromatic N) is 2. The van der Waals surface area contributed by atoms with Crippen LogP contribution in [0.1, 0.15) is 46.4 Å². The van der Waals surface area contributed by atoms with E-state index in [4.69, 9.17) is 4.74 Å². The van der Waals surface area contributed by atoms with Crippen molar-refractivity contribution in [1.82, 2.24) is 25.3 Å². The second-order valence-corrected chi connectivity index (χ2v) is 12.3. The molecule has 0 atom stereocenters. The Hall–Kier alpha value is -5.57. The zero-order valence-corrected chi connectivity index (χ0v) is 30.0. The van der Waals surface area contributed by atoms with Crippen molar-refractivity contribution >= 4 is 57.1 Å². The van der Waals surface area contributed by atoms with Gasteiger partial charge in [0.2, 0.25) is 11.8 Å². The molecule has 260 valence electrons. The van der Waals surface area contributed by atoms with E-state index in [2.05, 4.69) is 35.9 Å². The lowest BCUT2D eigenvalue weighted by atomic mass is 10.1. The van der Waals surface area contributed by atoms with Gasteiger partial charge in [0.05, 0.1) is 29.3 Å². The van der Waals surface area contributed by atoms with Gasteiger partial charge in [-0.05, 0) is 48.9 Å². The van der Waals surface area contributed by atoms with E-state index in [1.54, 1.807) is 7.05 Å². The zero-order valence-electron chi connectivity index (χ0n) is 27.9. The first-order valence-corrected chi connectivity index (χ1v) is 16.4. The molecule has 4 heterocycles. The van der Waals surface area contributed by atoms with E-state index >= 15 is 0 Å². The van der Waals surface area contributed by atoms with Crippen molar-refractivity contribution in [1.29, 1.82) is 0 Å². The fraction of sp³-hybridized carbons (Fsp3) is 0.211. The van der Waals surface area contributed by atoms with E-state index in [0.29, 0.717) is 39.2 Å². The molecule has 0 spiro atoms. The molecule has 0 saturated heterocycles. The van der Waals surface area contributed by atoms with Crippen LogP contribution in [0.4, 0.5) is 11.6 Å². The van der Waals surface area contributed by atoms with Crippen LogP contribution >= 0.6 is 0 Å². The van der Waals surface area contributed by atoms with Crippen molar-refractivity contribution in [3.05, 3.63) is 96.3 Å². The Morgan fingerprint density at radius 3 is 1.53 bits per heavy atom. The number of benzene rings is 2. The summed E-state index contributed by atoms with van der Waals surface area (Å²) in [6.45, 7) is 0. The molecule has 2 fully saturated rings. The zero-order chi connectivity index (χ0) is 34.8. The number of aromatic amines is 2. The lowest BCUT2D eigenvalue weighted by molar-refractivity contribution is -0.118. The number of pyridine rings is 2. The van der Waals surface area contributed by atoms with Crippen LogP contribution in [-0.4, -0.2) is 57.8 Å². The smallest absolute Gasteiger partial charge is 0.340 e. The van der Waals surface area contributed by atoms with Gasteiger partial charge in [-0.2, -0.15) is 0 Å². The number of rotatable bonds is 8. The summed E-state index contributed by atoms with van der Waals surface area (Å²) in [6.07, 6.45) is 6.62. The number of ether oxygens (including phenoxy) is 1. The van der Waals surface area contributed by atoms with E-state index < -0.39 is 5.97 Å². The van der Waals surface area contributed by atoms with Gasteiger partial charge < -0.3 is 54.6 Å². The van der Waals surface area contributed by atoms with E-state index in [0.717, 1.165) is 53.6 Å². The molecule has 0 bridgehead atoms. The maximum atomic E-state index is 12.2. The Kier molecular flexibility index (Phi) is 10.5. The average Bonchev–Trinajstić information content (AvgIpc) is 4.09. The van der Waals surface area contributed by atoms with Crippen LogP contribution < -0.4 is 39.9 Å². The number of nitrogens with one attached hydrogen (secondary N) is 5. The molecule has 51 heavy (non-hydrogen) atoms. The third-order valence-corrected chi connectivity index (χ3v) is 8.76. The Balaban J connectivity index is 0.000000172. The number of H-pyrrole nitrogens is 2. The van der Waals surface area contributed by atoms with Gasteiger partial charge in [0.25, 0.3) is 5.91 Å². The van der Waals surface area contributed by atoms with Crippen LogP contribution in [0.2, 0.25) is 0 Å². The average molecular weight is 797 g/mol. The molecule has 8 rings (SSSR count). The van der Waals surface area contributed by atoms with Gasteiger partial charge in [-0.3, -0.25) is 14.4 Å². The molecule has 5 N–H and O–H groups in total. The fourth-order valence-corrected chi connectivity index (χ4v) is 5.69. The summed E-state index contributed by atoms with van der Waals surface area (Å²) in [6, 6.07) is 23.4. The first kappa shape index (κ1) is 35.3. The highest BCUT2D eigenvalue weighted by Crippen LogP contribution is 2.35. The number of methoxy groups -OCH3 is 1. The van der Waals surface area contributed by atoms with Crippen molar-refractivity contribution in [3.63, 3.8) is 0 Å². The topological polar surface area (TPSA) is 171 Å². The number of amides is 3. The van der Waals surface area contributed by atoms with Gasteiger partial charge >= 0.3 is 5.97 Å². The van der Waals surface area contributed by atoms with Crippen LogP contribution in [0, 0.1) is 11.8 Å². The summed E-state index contributed by atoms with van der Waals surface area (Å²) in [4.78, 5) is 63.6. The Morgan fingerprint density at radius 2 is 1.12 bits per heavy atom. The predicted molar refractivity (Wildman–Crippen MR) is 190 cm³/mol. The van der Waals surface area contributed by atoms with Crippen LogP contribution in [-0.2, 0) is 14.3 Å². The lowest BCUT2D eigenvalue weighted by Gasteiger charge is -2.07. The Labute approximate surface area is 310 Å². The number of fused-ring (bicyclic) bond motifs is 2. The van der Waals surface area contributed by atoms with Gasteiger partial charge in [-0.1, -0.05) is 60.7 Å². The maximum absolute atomic E-state index is 12.2. The first-order valence-electron chi connectivity index (χ1n) is 16.4. The summed E-state index contributed by atoms with van der Waals surface area (Å²) in [5, 5.41) is 9.78. The molecule has 2 aliphatic rings. The van der Waals surface area contributed by atoms with Crippen LogP contribution in [0.3, 0.4) is 0 Å². The number of carbonyl (C=O) groups excluding carboxylic acids is 4. The SMILES string of the molecule is CNC(=O)c1cnc(NC(=O)C2CC2)c2[nH]c(-c3ccccc3)cc12.COC(=O)c1cnc(NC(=O)C2CC2)c2[nH]c(-c3ccccc3)cc12.[I-]. The molecule has 0 aliphatic heterocycles. The van der Waals surface area contributed by atoms with E-state index in [1.165, 1.54) is 19.5 Å². The van der Waals surface area contributed by atoms with Gasteiger partial charge in [0.1, 0.15) is 0 Å². The minimum atomic E-state index is -0.462. The van der Waals surface area contributed by atoms with Gasteiger partial charge in [-0.15, -0.1) is 0 Å². The molecule has 0 radical (unpaired) electrons. The first-order chi connectivity index (χ1) is 24.3. The molecule has 0 unspecified atom stereocenters. The molecule has 6 aromatic rings. The van der Waals surface area contributed by atoms with Crippen LogP contribution in [0.5, 0.6) is 0 Å². The van der Waals surface area contributed by atoms with Crippen molar-refractivity contribution in [2.75, 3.05) is 24.8 Å². The number of halogens is 1. The molecule has 4 aromatic heterocycles. The monoisotopic (exact) mass is 796 g/mol. The third-order valence-electron chi connectivity index (χ3n) is 8.76. The van der Waals surface area contributed by atoms with Gasteiger partial charge in [0.15, 0.2) is 11.6 Å². The minimum absolute atomic E-state index is 0. The molecule has 2 saturated carbocycles. The lowest BCUT2D eigenvalue weighted by Crippen LogP contribution is -3.00. The highest BCUT2D eigenvalue weighted by Gasteiger charge is 2.31. The molecule has 3 amide bonds. The molecule has 13 heteroatoms. The molecule has 12 nitrogen and oxygen atoms in total. The maximum Gasteiger partial charge on any atom is 0.340 e. The fourth-order valence-electron chi connectivity index (χ4n) is 5.69. The molecular weight excluding hydrogens is 761 g/mol. The number of carbonyl (C=O) groups is 4. The van der Waals surface area contributed by atoms with Crippen molar-refractivity contribution in [2.24, 2.45) is 11.8 Å². The van der Waals surface area contributed by atoms with Crippen molar-refractivity contribution in [2.45, 2.75) is 25.7 Å². The summed E-state index contributed by atoms with van der Waals surface area (Å²) in [5.74, 6) is 0.323. The van der Waals surface area contributed by atoms with Crippen LogP contribution in [0.15, 0.2) is 85.2 Å².